The van der Waals surface area contributed by atoms with E-state index in [1.54, 1.807) is 0 Å². The van der Waals surface area contributed by atoms with Gasteiger partial charge in [-0.25, -0.2) is 4.98 Å². The van der Waals surface area contributed by atoms with Crippen molar-refractivity contribution in [2.24, 2.45) is 0 Å². The van der Waals surface area contributed by atoms with Crippen LogP contribution in [0.1, 0.15) is 13.3 Å². The van der Waals surface area contributed by atoms with Crippen molar-refractivity contribution in [3.63, 3.8) is 0 Å². The molecule has 0 fully saturated rings. The quantitative estimate of drug-likeness (QED) is 0.380. The standard InChI is InChI=1S/C26H24N2O3/c1-2-31-25-10-6-4-7-20(25)18-11-13-19(14-12-18)23-17-24(27-16-15-26(29)30)21-8-3-5-9-22(21)28-23/h3-14,17H,2,15-16H2,1H3,(H,27,28)(H,29,30). The third kappa shape index (κ3) is 4.67. The maximum Gasteiger partial charge on any atom is 0.305 e. The van der Waals surface area contributed by atoms with E-state index in [1.807, 2.05) is 55.5 Å². The lowest BCUT2D eigenvalue weighted by atomic mass is 10.0. The third-order valence-corrected chi connectivity index (χ3v) is 5.05. The van der Waals surface area contributed by atoms with E-state index < -0.39 is 5.97 Å². The fourth-order valence-corrected chi connectivity index (χ4v) is 3.58. The number of fused-ring (bicyclic) bond motifs is 1. The van der Waals surface area contributed by atoms with Crippen LogP contribution in [0.15, 0.2) is 78.9 Å². The number of rotatable bonds is 8. The number of aromatic nitrogens is 1. The minimum Gasteiger partial charge on any atom is -0.493 e. The first-order valence-corrected chi connectivity index (χ1v) is 10.3. The molecule has 156 valence electrons. The summed E-state index contributed by atoms with van der Waals surface area (Å²) in [6, 6.07) is 26.1. The average Bonchev–Trinajstić information content (AvgIpc) is 2.79. The van der Waals surface area contributed by atoms with Crippen molar-refractivity contribution in [3.05, 3.63) is 78.9 Å². The van der Waals surface area contributed by atoms with E-state index in [0.717, 1.165) is 44.7 Å². The third-order valence-electron chi connectivity index (χ3n) is 5.05. The molecule has 0 aliphatic heterocycles. The molecule has 0 atom stereocenters. The van der Waals surface area contributed by atoms with E-state index in [0.29, 0.717) is 13.2 Å². The van der Waals surface area contributed by atoms with Gasteiger partial charge in [-0.2, -0.15) is 0 Å². The maximum absolute atomic E-state index is 10.9. The molecule has 0 saturated carbocycles. The molecule has 4 rings (SSSR count). The molecule has 2 N–H and O–H groups in total. The van der Waals surface area contributed by atoms with Crippen LogP contribution < -0.4 is 10.1 Å². The first-order valence-electron chi connectivity index (χ1n) is 10.3. The van der Waals surface area contributed by atoms with E-state index in [9.17, 15) is 4.79 Å². The van der Waals surface area contributed by atoms with Crippen molar-refractivity contribution < 1.29 is 14.6 Å². The molecule has 1 aromatic heterocycles. The van der Waals surface area contributed by atoms with E-state index >= 15 is 0 Å². The second kappa shape index (κ2) is 9.30. The highest BCUT2D eigenvalue weighted by atomic mass is 16.5. The Balaban J connectivity index is 1.68. The van der Waals surface area contributed by atoms with Gasteiger partial charge in [0.2, 0.25) is 0 Å². The number of nitrogens with one attached hydrogen (secondary N) is 1. The lowest BCUT2D eigenvalue weighted by Gasteiger charge is -2.13. The van der Waals surface area contributed by atoms with Crippen molar-refractivity contribution in [2.75, 3.05) is 18.5 Å². The van der Waals surface area contributed by atoms with Crippen LogP contribution in [-0.2, 0) is 4.79 Å². The van der Waals surface area contributed by atoms with Gasteiger partial charge in [-0.05, 0) is 30.7 Å². The Bertz CT molecular complexity index is 1200. The monoisotopic (exact) mass is 412 g/mol. The normalized spacial score (nSPS) is 10.7. The summed E-state index contributed by atoms with van der Waals surface area (Å²) in [5.74, 6) is 0.0421. The number of ether oxygens (including phenoxy) is 1. The number of benzene rings is 3. The summed E-state index contributed by atoms with van der Waals surface area (Å²) in [5.41, 5.74) is 5.70. The average molecular weight is 412 g/mol. The SMILES string of the molecule is CCOc1ccccc1-c1ccc(-c2cc(NCCC(=O)O)c3ccccc3n2)cc1. The molecule has 4 aromatic rings. The summed E-state index contributed by atoms with van der Waals surface area (Å²) >= 11 is 0. The number of anilines is 1. The van der Waals surface area contributed by atoms with Crippen molar-refractivity contribution in [3.8, 4) is 28.1 Å². The Kier molecular flexibility index (Phi) is 6.13. The zero-order valence-corrected chi connectivity index (χ0v) is 17.3. The van der Waals surface area contributed by atoms with E-state index in [2.05, 4.69) is 35.6 Å². The topological polar surface area (TPSA) is 71.5 Å². The molecule has 0 aliphatic carbocycles. The minimum atomic E-state index is -0.825. The van der Waals surface area contributed by atoms with Gasteiger partial charge in [-0.1, -0.05) is 60.7 Å². The molecule has 5 nitrogen and oxygen atoms in total. The summed E-state index contributed by atoms with van der Waals surface area (Å²) < 4.78 is 5.76. The predicted molar refractivity (Wildman–Crippen MR) is 125 cm³/mol. The summed E-state index contributed by atoms with van der Waals surface area (Å²) in [5, 5.41) is 13.2. The number of hydrogen-bond donors (Lipinski definition) is 2. The second-order valence-corrected chi connectivity index (χ2v) is 7.15. The van der Waals surface area contributed by atoms with Gasteiger partial charge < -0.3 is 15.2 Å². The summed E-state index contributed by atoms with van der Waals surface area (Å²) in [6.45, 7) is 2.96. The molecule has 0 bridgehead atoms. The predicted octanol–water partition coefficient (Wildman–Crippen LogP) is 5.85. The number of pyridine rings is 1. The summed E-state index contributed by atoms with van der Waals surface area (Å²) in [6.07, 6.45) is 0.0555. The minimum absolute atomic E-state index is 0.0555. The number of carboxylic acids is 1. The van der Waals surface area contributed by atoms with Gasteiger partial charge in [-0.3, -0.25) is 4.79 Å². The number of carbonyl (C=O) groups is 1. The number of nitrogens with zero attached hydrogens (tertiary/aromatic N) is 1. The number of hydrogen-bond acceptors (Lipinski definition) is 4. The van der Waals surface area contributed by atoms with Crippen molar-refractivity contribution >= 4 is 22.6 Å². The van der Waals surface area contributed by atoms with E-state index in [1.165, 1.54) is 0 Å². The van der Waals surface area contributed by atoms with Crippen molar-refractivity contribution in [1.29, 1.82) is 0 Å². The first kappa shape index (κ1) is 20.4. The molecular formula is C26H24N2O3. The van der Waals surface area contributed by atoms with Gasteiger partial charge in [0, 0.05) is 28.7 Å². The summed E-state index contributed by atoms with van der Waals surface area (Å²) in [4.78, 5) is 15.7. The highest BCUT2D eigenvalue weighted by molar-refractivity contribution is 5.94. The number of para-hydroxylation sites is 2. The fraction of sp³-hybridized carbons (Fsp3) is 0.154. The zero-order chi connectivity index (χ0) is 21.6. The van der Waals surface area contributed by atoms with Crippen LogP contribution in [0.4, 0.5) is 5.69 Å². The van der Waals surface area contributed by atoms with Crippen molar-refractivity contribution in [1.82, 2.24) is 4.98 Å². The molecular weight excluding hydrogens is 388 g/mol. The molecule has 0 amide bonds. The lowest BCUT2D eigenvalue weighted by molar-refractivity contribution is -0.136. The smallest absolute Gasteiger partial charge is 0.305 e. The van der Waals surface area contributed by atoms with E-state index in [4.69, 9.17) is 14.8 Å². The molecule has 1 heterocycles. The Hall–Kier alpha value is -3.86. The maximum atomic E-state index is 10.9. The Morgan fingerprint density at radius 2 is 1.68 bits per heavy atom. The van der Waals surface area contributed by atoms with Crippen LogP contribution >= 0.6 is 0 Å². The Morgan fingerprint density at radius 1 is 0.968 bits per heavy atom. The van der Waals surface area contributed by atoms with Crippen LogP contribution in [0.3, 0.4) is 0 Å². The van der Waals surface area contributed by atoms with Crippen LogP contribution in [0, 0.1) is 0 Å². The molecule has 0 radical (unpaired) electrons. The highest BCUT2D eigenvalue weighted by Gasteiger charge is 2.10. The molecule has 0 spiro atoms. The molecule has 0 aliphatic rings. The molecule has 0 unspecified atom stereocenters. The molecule has 3 aromatic carbocycles. The fourth-order valence-electron chi connectivity index (χ4n) is 3.58. The van der Waals surface area contributed by atoms with Gasteiger partial charge in [0.25, 0.3) is 0 Å². The largest absolute Gasteiger partial charge is 0.493 e. The van der Waals surface area contributed by atoms with Crippen LogP contribution in [0.2, 0.25) is 0 Å². The van der Waals surface area contributed by atoms with Crippen molar-refractivity contribution in [2.45, 2.75) is 13.3 Å². The molecule has 5 heteroatoms. The highest BCUT2D eigenvalue weighted by Crippen LogP contribution is 2.33. The summed E-state index contributed by atoms with van der Waals surface area (Å²) in [7, 11) is 0. The number of carboxylic acid groups (broad SMARTS) is 1. The second-order valence-electron chi connectivity index (χ2n) is 7.15. The molecule has 0 saturated heterocycles. The van der Waals surface area contributed by atoms with Crippen LogP contribution in [0.25, 0.3) is 33.3 Å². The number of aliphatic carboxylic acids is 1. The van der Waals surface area contributed by atoms with Crippen LogP contribution in [-0.4, -0.2) is 29.2 Å². The van der Waals surface area contributed by atoms with Crippen LogP contribution in [0.5, 0.6) is 5.75 Å². The molecule has 31 heavy (non-hydrogen) atoms. The van der Waals surface area contributed by atoms with Gasteiger partial charge in [0.05, 0.1) is 24.2 Å². The van der Waals surface area contributed by atoms with Gasteiger partial charge in [-0.15, -0.1) is 0 Å². The lowest BCUT2D eigenvalue weighted by Crippen LogP contribution is -2.08. The van der Waals surface area contributed by atoms with Gasteiger partial charge in [0.1, 0.15) is 5.75 Å². The Labute approximate surface area is 181 Å². The van der Waals surface area contributed by atoms with Gasteiger partial charge in [0.15, 0.2) is 0 Å². The van der Waals surface area contributed by atoms with Gasteiger partial charge >= 0.3 is 5.97 Å². The van der Waals surface area contributed by atoms with E-state index in [-0.39, 0.29) is 6.42 Å². The zero-order valence-electron chi connectivity index (χ0n) is 17.3. The first-order chi connectivity index (χ1) is 15.2. The Morgan fingerprint density at radius 3 is 2.45 bits per heavy atom.